The molecule has 7 nitrogen and oxygen atoms in total. The second-order valence-corrected chi connectivity index (χ2v) is 11.2. The van der Waals surface area contributed by atoms with Gasteiger partial charge >= 0.3 is 0 Å². The standard InChI is InChI=1S/C27H29Cl2N3O4S/c1-4-30-27(34)20(3)31(17-21-12-10-19(2)11-13-21)26(33)18-32(25-16-22(28)14-15-24(25)29)37(35,36)23-8-6-5-7-9-23/h5-16,20H,4,17-18H2,1-3H3,(H,30,34). The minimum Gasteiger partial charge on any atom is -0.355 e. The zero-order valence-corrected chi connectivity index (χ0v) is 23.1. The first kappa shape index (κ1) is 28.5. The van der Waals surface area contributed by atoms with E-state index in [2.05, 4.69) is 5.32 Å². The lowest BCUT2D eigenvalue weighted by Gasteiger charge is -2.32. The molecule has 1 atom stereocenters. The minimum atomic E-state index is -4.21. The molecule has 37 heavy (non-hydrogen) atoms. The Labute approximate surface area is 228 Å². The van der Waals surface area contributed by atoms with Gasteiger partial charge in [-0.25, -0.2) is 8.42 Å². The Kier molecular flexibility index (Phi) is 9.59. The molecule has 0 aliphatic carbocycles. The Morgan fingerprint density at radius 1 is 0.973 bits per heavy atom. The zero-order valence-electron chi connectivity index (χ0n) is 20.8. The highest BCUT2D eigenvalue weighted by Crippen LogP contribution is 2.33. The first-order valence-electron chi connectivity index (χ1n) is 11.7. The predicted molar refractivity (Wildman–Crippen MR) is 147 cm³/mol. The normalized spacial score (nSPS) is 12.0. The Hall–Kier alpha value is -3.07. The highest BCUT2D eigenvalue weighted by atomic mass is 35.5. The van der Waals surface area contributed by atoms with Crippen molar-refractivity contribution < 1.29 is 18.0 Å². The monoisotopic (exact) mass is 561 g/mol. The first-order chi connectivity index (χ1) is 17.5. The molecule has 0 saturated carbocycles. The summed E-state index contributed by atoms with van der Waals surface area (Å²) >= 11 is 12.6. The average molecular weight is 563 g/mol. The number of nitrogens with one attached hydrogen (secondary N) is 1. The Morgan fingerprint density at radius 3 is 2.24 bits per heavy atom. The van der Waals surface area contributed by atoms with Crippen LogP contribution in [0.25, 0.3) is 0 Å². The van der Waals surface area contributed by atoms with Crippen molar-refractivity contribution >= 4 is 50.7 Å². The molecule has 0 aliphatic rings. The van der Waals surface area contributed by atoms with E-state index >= 15 is 0 Å². The van der Waals surface area contributed by atoms with Crippen LogP contribution in [-0.4, -0.2) is 44.3 Å². The largest absolute Gasteiger partial charge is 0.355 e. The topological polar surface area (TPSA) is 86.8 Å². The van der Waals surface area contributed by atoms with E-state index < -0.39 is 28.5 Å². The number of aryl methyl sites for hydroxylation is 1. The fourth-order valence-corrected chi connectivity index (χ4v) is 5.59. The van der Waals surface area contributed by atoms with Gasteiger partial charge in [0, 0.05) is 18.1 Å². The minimum absolute atomic E-state index is 0.0132. The van der Waals surface area contributed by atoms with Crippen molar-refractivity contribution in [3.63, 3.8) is 0 Å². The third-order valence-corrected chi connectivity index (χ3v) is 8.11. The molecule has 0 aliphatic heterocycles. The van der Waals surface area contributed by atoms with Crippen molar-refractivity contribution in [1.29, 1.82) is 0 Å². The van der Waals surface area contributed by atoms with Crippen LogP contribution in [0, 0.1) is 6.92 Å². The van der Waals surface area contributed by atoms with Crippen molar-refractivity contribution in [3.05, 3.63) is 94.0 Å². The van der Waals surface area contributed by atoms with Gasteiger partial charge in [0.2, 0.25) is 11.8 Å². The van der Waals surface area contributed by atoms with Crippen LogP contribution in [0.2, 0.25) is 10.0 Å². The molecule has 0 heterocycles. The summed E-state index contributed by atoms with van der Waals surface area (Å²) < 4.78 is 28.4. The molecule has 0 saturated heterocycles. The number of rotatable bonds is 10. The average Bonchev–Trinajstić information content (AvgIpc) is 2.88. The lowest BCUT2D eigenvalue weighted by Crippen LogP contribution is -2.51. The van der Waals surface area contributed by atoms with E-state index in [-0.39, 0.29) is 33.1 Å². The van der Waals surface area contributed by atoms with E-state index in [1.54, 1.807) is 32.0 Å². The molecule has 3 aromatic rings. The maximum absolute atomic E-state index is 13.8. The highest BCUT2D eigenvalue weighted by molar-refractivity contribution is 7.92. The smallest absolute Gasteiger partial charge is 0.264 e. The van der Waals surface area contributed by atoms with Gasteiger partial charge in [-0.05, 0) is 56.7 Å². The van der Waals surface area contributed by atoms with Gasteiger partial charge in [-0.1, -0.05) is 71.2 Å². The number of hydrogen-bond donors (Lipinski definition) is 1. The number of likely N-dealkylation sites (N-methyl/N-ethyl adjacent to an activating group) is 1. The van der Waals surface area contributed by atoms with Gasteiger partial charge in [0.15, 0.2) is 0 Å². The van der Waals surface area contributed by atoms with Gasteiger partial charge in [0.1, 0.15) is 12.6 Å². The number of hydrogen-bond acceptors (Lipinski definition) is 4. The molecule has 1 unspecified atom stereocenters. The second-order valence-electron chi connectivity index (χ2n) is 8.50. The third kappa shape index (κ3) is 7.03. The van der Waals surface area contributed by atoms with Crippen LogP contribution >= 0.6 is 23.2 Å². The molecule has 0 fully saturated rings. The first-order valence-corrected chi connectivity index (χ1v) is 13.9. The molecule has 10 heteroatoms. The van der Waals surface area contributed by atoms with Crippen LogP contribution in [0.4, 0.5) is 5.69 Å². The Balaban J connectivity index is 2.05. The van der Waals surface area contributed by atoms with Crippen LogP contribution in [0.3, 0.4) is 0 Å². The lowest BCUT2D eigenvalue weighted by atomic mass is 10.1. The quantitative estimate of drug-likeness (QED) is 0.375. The SMILES string of the molecule is CCNC(=O)C(C)N(Cc1ccc(C)cc1)C(=O)CN(c1cc(Cl)ccc1Cl)S(=O)(=O)c1ccccc1. The second kappa shape index (κ2) is 12.4. The maximum Gasteiger partial charge on any atom is 0.264 e. The summed E-state index contributed by atoms with van der Waals surface area (Å²) in [5.74, 6) is -0.920. The van der Waals surface area contributed by atoms with Gasteiger partial charge in [-0.3, -0.25) is 13.9 Å². The summed E-state index contributed by atoms with van der Waals surface area (Å²) in [6, 6.07) is 18.8. The van der Waals surface area contributed by atoms with E-state index in [1.807, 2.05) is 31.2 Å². The summed E-state index contributed by atoms with van der Waals surface area (Å²) in [5, 5.41) is 3.10. The fourth-order valence-electron chi connectivity index (χ4n) is 3.70. The van der Waals surface area contributed by atoms with Crippen LogP contribution in [-0.2, 0) is 26.2 Å². The number of nitrogens with zero attached hydrogens (tertiary/aromatic N) is 2. The molecule has 0 bridgehead atoms. The van der Waals surface area contributed by atoms with Gasteiger partial charge in [-0.2, -0.15) is 0 Å². The molecular weight excluding hydrogens is 533 g/mol. The van der Waals surface area contributed by atoms with Crippen molar-refractivity contribution in [2.45, 2.75) is 38.3 Å². The third-order valence-electron chi connectivity index (χ3n) is 5.78. The number of halogens is 2. The van der Waals surface area contributed by atoms with Crippen molar-refractivity contribution in [2.24, 2.45) is 0 Å². The van der Waals surface area contributed by atoms with Gasteiger partial charge in [0.05, 0.1) is 15.6 Å². The Morgan fingerprint density at radius 2 is 1.62 bits per heavy atom. The van der Waals surface area contributed by atoms with E-state index in [4.69, 9.17) is 23.2 Å². The molecular formula is C27H29Cl2N3O4S. The fraction of sp³-hybridized carbons (Fsp3) is 0.259. The predicted octanol–water partition coefficient (Wildman–Crippen LogP) is 5.05. The van der Waals surface area contributed by atoms with Crippen LogP contribution in [0.1, 0.15) is 25.0 Å². The van der Waals surface area contributed by atoms with E-state index in [0.29, 0.717) is 6.54 Å². The summed E-state index contributed by atoms with van der Waals surface area (Å²) in [6.07, 6.45) is 0. The van der Waals surface area contributed by atoms with Gasteiger partial charge in [-0.15, -0.1) is 0 Å². The molecule has 1 N–H and O–H groups in total. The molecule has 2 amide bonds. The molecule has 3 aromatic carbocycles. The number of carbonyl (C=O) groups excluding carboxylic acids is 2. The number of carbonyl (C=O) groups is 2. The van der Waals surface area contributed by atoms with Crippen molar-refractivity contribution in [2.75, 3.05) is 17.4 Å². The number of anilines is 1. The van der Waals surface area contributed by atoms with Crippen LogP contribution in [0.15, 0.2) is 77.7 Å². The highest BCUT2D eigenvalue weighted by Gasteiger charge is 2.33. The molecule has 3 rings (SSSR count). The number of sulfonamides is 1. The number of benzene rings is 3. The molecule has 0 radical (unpaired) electrons. The molecule has 196 valence electrons. The van der Waals surface area contributed by atoms with Gasteiger partial charge < -0.3 is 10.2 Å². The molecule has 0 spiro atoms. The van der Waals surface area contributed by atoms with Crippen LogP contribution < -0.4 is 9.62 Å². The van der Waals surface area contributed by atoms with Crippen molar-refractivity contribution in [1.82, 2.24) is 10.2 Å². The summed E-state index contributed by atoms with van der Waals surface area (Å²) in [6.45, 7) is 5.26. The zero-order chi connectivity index (χ0) is 27.2. The van der Waals surface area contributed by atoms with Crippen molar-refractivity contribution in [3.8, 4) is 0 Å². The molecule has 0 aromatic heterocycles. The summed E-state index contributed by atoms with van der Waals surface area (Å²) in [7, 11) is -4.21. The van der Waals surface area contributed by atoms with E-state index in [1.165, 1.54) is 35.2 Å². The summed E-state index contributed by atoms with van der Waals surface area (Å²) in [5.41, 5.74) is 1.91. The lowest BCUT2D eigenvalue weighted by molar-refractivity contribution is -0.139. The van der Waals surface area contributed by atoms with Gasteiger partial charge in [0.25, 0.3) is 10.0 Å². The number of amides is 2. The maximum atomic E-state index is 13.8. The van der Waals surface area contributed by atoms with E-state index in [9.17, 15) is 18.0 Å². The summed E-state index contributed by atoms with van der Waals surface area (Å²) in [4.78, 5) is 27.9. The Bertz CT molecular complexity index is 1350. The van der Waals surface area contributed by atoms with E-state index in [0.717, 1.165) is 15.4 Å². The van der Waals surface area contributed by atoms with Crippen LogP contribution in [0.5, 0.6) is 0 Å².